The highest BCUT2D eigenvalue weighted by Crippen LogP contribution is 2.43. The van der Waals surface area contributed by atoms with Gasteiger partial charge < -0.3 is 0 Å². The molecule has 0 nitrogen and oxygen atoms in total. The average molecular weight is 247 g/mol. The van der Waals surface area contributed by atoms with E-state index in [4.69, 9.17) is 22.9 Å². The number of hydrogen-bond acceptors (Lipinski definition) is 0. The minimum atomic E-state index is -0.199. The summed E-state index contributed by atoms with van der Waals surface area (Å²) in [5.74, 6) is 1.18. The van der Waals surface area contributed by atoms with E-state index in [0.717, 1.165) is 6.42 Å². The highest BCUT2D eigenvalue weighted by atomic mass is 35.5. The summed E-state index contributed by atoms with van der Waals surface area (Å²) in [6.07, 6.45) is 6.14. The van der Waals surface area contributed by atoms with Crippen molar-refractivity contribution in [1.29, 1.82) is 0 Å². The molecule has 0 radical (unpaired) electrons. The van der Waals surface area contributed by atoms with Gasteiger partial charge in [0.05, 0.1) is 0 Å². The zero-order valence-corrected chi connectivity index (χ0v) is 11.5. The fourth-order valence-electron chi connectivity index (χ4n) is 2.49. The van der Waals surface area contributed by atoms with E-state index < -0.39 is 0 Å². The molecular formula is C12H21BCl2. The molecule has 0 amide bonds. The Morgan fingerprint density at radius 2 is 1.80 bits per heavy atom. The van der Waals surface area contributed by atoms with Gasteiger partial charge in [-0.3, -0.25) is 0 Å². The van der Waals surface area contributed by atoms with Gasteiger partial charge in [-0.05, 0) is 38.4 Å². The van der Waals surface area contributed by atoms with E-state index in [2.05, 4.69) is 20.8 Å². The van der Waals surface area contributed by atoms with Crippen molar-refractivity contribution in [2.75, 3.05) is 0 Å². The second-order valence-corrected chi connectivity index (χ2v) is 6.03. The summed E-state index contributed by atoms with van der Waals surface area (Å²) in [6, 6.07) is 0. The first-order valence-corrected chi connectivity index (χ1v) is 6.86. The minimum Gasteiger partial charge on any atom is -0.171 e. The lowest BCUT2D eigenvalue weighted by Gasteiger charge is -2.33. The van der Waals surface area contributed by atoms with Gasteiger partial charge in [-0.15, -0.1) is 0 Å². The summed E-state index contributed by atoms with van der Waals surface area (Å²) in [7, 11) is 0. The Bertz CT molecular complexity index is 236. The van der Waals surface area contributed by atoms with Crippen LogP contribution < -0.4 is 0 Å². The Morgan fingerprint density at radius 1 is 1.20 bits per heavy atom. The van der Waals surface area contributed by atoms with Crippen LogP contribution in [-0.2, 0) is 0 Å². The predicted molar refractivity (Wildman–Crippen MR) is 71.8 cm³/mol. The molecule has 0 bridgehead atoms. The number of hydrogen-bond donors (Lipinski definition) is 0. The molecule has 0 aromatic carbocycles. The molecule has 0 aromatic rings. The van der Waals surface area contributed by atoms with Crippen LogP contribution in [0, 0.1) is 5.92 Å². The maximum atomic E-state index is 6.09. The van der Waals surface area contributed by atoms with E-state index in [0.29, 0.717) is 11.7 Å². The van der Waals surface area contributed by atoms with Gasteiger partial charge >= 0.3 is 5.54 Å². The molecule has 1 rings (SSSR count). The Kier molecular flexibility index (Phi) is 5.56. The van der Waals surface area contributed by atoms with Gasteiger partial charge in [0, 0.05) is 0 Å². The molecule has 86 valence electrons. The monoisotopic (exact) mass is 246 g/mol. The van der Waals surface area contributed by atoms with Crippen LogP contribution in [0.25, 0.3) is 0 Å². The molecule has 0 saturated heterocycles. The molecule has 0 heterocycles. The second kappa shape index (κ2) is 6.20. The van der Waals surface area contributed by atoms with E-state index in [-0.39, 0.29) is 5.54 Å². The van der Waals surface area contributed by atoms with Crippen molar-refractivity contribution < 1.29 is 0 Å². The quantitative estimate of drug-likeness (QED) is 0.469. The summed E-state index contributed by atoms with van der Waals surface area (Å²) < 4.78 is 0. The van der Waals surface area contributed by atoms with Crippen molar-refractivity contribution >= 4 is 28.5 Å². The van der Waals surface area contributed by atoms with Gasteiger partial charge in [0.1, 0.15) is 0 Å². The normalized spacial score (nSPS) is 27.0. The van der Waals surface area contributed by atoms with Gasteiger partial charge in [-0.25, -0.2) is 0 Å². The zero-order valence-electron chi connectivity index (χ0n) is 10.0. The van der Waals surface area contributed by atoms with E-state index in [1.807, 2.05) is 0 Å². The summed E-state index contributed by atoms with van der Waals surface area (Å²) in [6.45, 7) is 6.71. The maximum Gasteiger partial charge on any atom is 0.355 e. The number of allylic oxidation sites excluding steroid dienone is 2. The first kappa shape index (κ1) is 13.4. The summed E-state index contributed by atoms with van der Waals surface area (Å²) in [5.41, 5.74) is 2.86. The number of unbranched alkanes of at least 4 members (excludes halogenated alkanes) is 1. The lowest BCUT2D eigenvalue weighted by atomic mass is 9.64. The molecule has 1 aliphatic carbocycles. The molecular weight excluding hydrogens is 226 g/mol. The van der Waals surface area contributed by atoms with Crippen LogP contribution >= 0.6 is 22.9 Å². The molecule has 3 heteroatoms. The van der Waals surface area contributed by atoms with E-state index in [1.165, 1.54) is 31.3 Å². The molecule has 0 spiro atoms. The number of rotatable bonds is 4. The number of halogens is 2. The Labute approximate surface area is 104 Å². The van der Waals surface area contributed by atoms with Gasteiger partial charge in [-0.1, -0.05) is 37.3 Å². The van der Waals surface area contributed by atoms with Crippen LogP contribution in [-0.4, -0.2) is 5.54 Å². The lowest BCUT2D eigenvalue weighted by molar-refractivity contribution is 0.409. The minimum absolute atomic E-state index is 0.199. The molecule has 0 saturated carbocycles. The fraction of sp³-hybridized carbons (Fsp3) is 0.833. The Morgan fingerprint density at radius 3 is 2.33 bits per heavy atom. The van der Waals surface area contributed by atoms with Gasteiger partial charge in [-0.2, -0.15) is 22.9 Å². The molecule has 0 N–H and O–H groups in total. The summed E-state index contributed by atoms with van der Waals surface area (Å²) in [4.78, 5) is 0. The van der Waals surface area contributed by atoms with Crippen molar-refractivity contribution in [3.63, 3.8) is 0 Å². The highest BCUT2D eigenvalue weighted by Gasteiger charge is 2.33. The van der Waals surface area contributed by atoms with Crippen molar-refractivity contribution in [1.82, 2.24) is 0 Å². The average Bonchev–Trinajstić information content (AvgIpc) is 2.19. The Hall–Kier alpha value is 0.385. The summed E-state index contributed by atoms with van der Waals surface area (Å²) in [5, 5.41) is 0. The van der Waals surface area contributed by atoms with Crippen LogP contribution in [0.3, 0.4) is 0 Å². The largest absolute Gasteiger partial charge is 0.355 e. The highest BCUT2D eigenvalue weighted by molar-refractivity contribution is 7.34. The van der Waals surface area contributed by atoms with Crippen LogP contribution in [0.4, 0.5) is 0 Å². The van der Waals surface area contributed by atoms with Crippen molar-refractivity contribution in [2.45, 2.75) is 58.7 Å². The van der Waals surface area contributed by atoms with Crippen molar-refractivity contribution in [3.05, 3.63) is 11.1 Å². The van der Waals surface area contributed by atoms with Crippen LogP contribution in [0.2, 0.25) is 5.82 Å². The third-order valence-corrected chi connectivity index (χ3v) is 4.34. The maximum absolute atomic E-state index is 6.09. The van der Waals surface area contributed by atoms with E-state index in [9.17, 15) is 0 Å². The SMILES string of the molecule is CCCC[C@@H]1CC(C)=C(C)C[C@H]1B(Cl)Cl. The molecule has 0 aliphatic heterocycles. The summed E-state index contributed by atoms with van der Waals surface area (Å²) >= 11 is 12.2. The third-order valence-electron chi connectivity index (χ3n) is 3.70. The van der Waals surface area contributed by atoms with Crippen LogP contribution in [0.15, 0.2) is 11.1 Å². The topological polar surface area (TPSA) is 0 Å². The third kappa shape index (κ3) is 3.71. The molecule has 0 fully saturated rings. The van der Waals surface area contributed by atoms with Crippen LogP contribution in [0.5, 0.6) is 0 Å². The lowest BCUT2D eigenvalue weighted by Crippen LogP contribution is -2.23. The second-order valence-electron chi connectivity index (χ2n) is 4.87. The van der Waals surface area contributed by atoms with Gasteiger partial charge in [0.25, 0.3) is 0 Å². The zero-order chi connectivity index (χ0) is 11.4. The first-order valence-electron chi connectivity index (χ1n) is 5.99. The Balaban J connectivity index is 2.66. The fourth-order valence-corrected chi connectivity index (χ4v) is 3.08. The van der Waals surface area contributed by atoms with Crippen LogP contribution in [0.1, 0.15) is 52.9 Å². The molecule has 1 aliphatic rings. The smallest absolute Gasteiger partial charge is 0.171 e. The van der Waals surface area contributed by atoms with Crippen molar-refractivity contribution in [2.24, 2.45) is 5.92 Å². The molecule has 2 atom stereocenters. The van der Waals surface area contributed by atoms with Crippen molar-refractivity contribution in [3.8, 4) is 0 Å². The molecule has 0 unspecified atom stereocenters. The standard InChI is InChI=1S/C12H21BCl2/c1-4-5-6-11-7-9(2)10(3)8-12(11)13(14)15/h11-12H,4-8H2,1-3H3/t11-,12-/m1/s1. The van der Waals surface area contributed by atoms with E-state index >= 15 is 0 Å². The van der Waals surface area contributed by atoms with E-state index in [1.54, 1.807) is 5.57 Å². The first-order chi connectivity index (χ1) is 7.06. The molecule has 0 aromatic heterocycles. The van der Waals surface area contributed by atoms with Gasteiger partial charge in [0.15, 0.2) is 0 Å². The predicted octanol–water partition coefficient (Wildman–Crippen LogP) is 5.26. The van der Waals surface area contributed by atoms with Gasteiger partial charge in [0.2, 0.25) is 0 Å². The molecule has 15 heavy (non-hydrogen) atoms.